The van der Waals surface area contributed by atoms with Gasteiger partial charge in [-0.05, 0) is 69.2 Å². The second-order valence-electron chi connectivity index (χ2n) is 10.3. The molecule has 1 aliphatic carbocycles. The maximum absolute atomic E-state index is 12.2. The van der Waals surface area contributed by atoms with Crippen LogP contribution in [0.2, 0.25) is 0 Å². The summed E-state index contributed by atoms with van der Waals surface area (Å²) in [5.74, 6) is 2.68. The molecule has 2 heterocycles. The van der Waals surface area contributed by atoms with Gasteiger partial charge in [-0.15, -0.1) is 0 Å². The van der Waals surface area contributed by atoms with Crippen molar-refractivity contribution in [3.8, 4) is 5.75 Å². The Kier molecular flexibility index (Phi) is 6.45. The summed E-state index contributed by atoms with van der Waals surface area (Å²) in [5.41, 5.74) is 2.22. The number of anilines is 1. The second-order valence-corrected chi connectivity index (χ2v) is 10.3. The first-order chi connectivity index (χ1) is 14.4. The number of benzene rings is 1. The molecule has 0 bridgehead atoms. The maximum Gasteiger partial charge on any atom is 0.410 e. The van der Waals surface area contributed by atoms with Crippen LogP contribution in [0, 0.1) is 11.8 Å². The molecule has 1 unspecified atom stereocenters. The minimum atomic E-state index is -0.447. The number of nitrogens with one attached hydrogen (secondary N) is 1. The minimum absolute atomic E-state index is 0.159. The van der Waals surface area contributed by atoms with E-state index in [1.807, 2.05) is 20.8 Å². The van der Waals surface area contributed by atoms with Gasteiger partial charge < -0.3 is 19.7 Å². The summed E-state index contributed by atoms with van der Waals surface area (Å²) < 4.78 is 11.8. The molecule has 1 aromatic rings. The van der Waals surface area contributed by atoms with Crippen LogP contribution >= 0.6 is 0 Å². The van der Waals surface area contributed by atoms with Crippen molar-refractivity contribution in [2.24, 2.45) is 11.8 Å². The molecule has 30 heavy (non-hydrogen) atoms. The number of carbonyl (C=O) groups is 1. The molecule has 3 aliphatic rings. The number of aryl methyl sites for hydroxylation is 1. The van der Waals surface area contributed by atoms with Crippen LogP contribution in [0.4, 0.5) is 10.5 Å². The zero-order valence-corrected chi connectivity index (χ0v) is 18.9. The number of hydrogen-bond acceptors (Lipinski definition) is 4. The largest absolute Gasteiger partial charge is 0.490 e. The quantitative estimate of drug-likeness (QED) is 0.696. The predicted octanol–water partition coefficient (Wildman–Crippen LogP) is 5.63. The van der Waals surface area contributed by atoms with Crippen LogP contribution in [0.3, 0.4) is 0 Å². The fraction of sp³-hybridized carbons (Fsp3) is 0.720. The van der Waals surface area contributed by atoms with Crippen molar-refractivity contribution < 1.29 is 14.3 Å². The summed E-state index contributed by atoms with van der Waals surface area (Å²) in [6, 6.07) is 6.53. The lowest BCUT2D eigenvalue weighted by molar-refractivity contribution is 0.0126. The van der Waals surface area contributed by atoms with E-state index in [-0.39, 0.29) is 12.2 Å². The lowest BCUT2D eigenvalue weighted by atomic mass is 9.87. The van der Waals surface area contributed by atoms with Gasteiger partial charge >= 0.3 is 6.09 Å². The molecule has 1 N–H and O–H groups in total. The Morgan fingerprint density at radius 3 is 2.47 bits per heavy atom. The monoisotopic (exact) mass is 414 g/mol. The number of nitrogens with zero attached hydrogens (tertiary/aromatic N) is 1. The molecule has 1 amide bonds. The number of likely N-dealkylation sites (tertiary alicyclic amines) is 1. The smallest absolute Gasteiger partial charge is 0.410 e. The summed E-state index contributed by atoms with van der Waals surface area (Å²) in [6.45, 7) is 8.21. The molecule has 1 aromatic carbocycles. The minimum Gasteiger partial charge on any atom is -0.490 e. The van der Waals surface area contributed by atoms with Gasteiger partial charge in [0.25, 0.3) is 0 Å². The van der Waals surface area contributed by atoms with E-state index < -0.39 is 5.60 Å². The van der Waals surface area contributed by atoms with Crippen molar-refractivity contribution in [1.82, 2.24) is 4.90 Å². The summed E-state index contributed by atoms with van der Waals surface area (Å²) >= 11 is 0. The lowest BCUT2D eigenvalue weighted by Gasteiger charge is -2.33. The highest BCUT2D eigenvalue weighted by atomic mass is 16.6. The Labute approximate surface area is 181 Å². The number of rotatable bonds is 3. The van der Waals surface area contributed by atoms with Crippen molar-refractivity contribution >= 4 is 11.8 Å². The Balaban J connectivity index is 1.29. The predicted molar refractivity (Wildman–Crippen MR) is 120 cm³/mol. The van der Waals surface area contributed by atoms with Gasteiger partial charge in [0.15, 0.2) is 0 Å². The van der Waals surface area contributed by atoms with Gasteiger partial charge in [0.1, 0.15) is 17.5 Å². The van der Waals surface area contributed by atoms with Crippen molar-refractivity contribution in [2.45, 2.75) is 83.8 Å². The molecule has 5 nitrogen and oxygen atoms in total. The fourth-order valence-electron chi connectivity index (χ4n) is 5.21. The summed E-state index contributed by atoms with van der Waals surface area (Å²) in [7, 11) is 0. The van der Waals surface area contributed by atoms with Crippen molar-refractivity contribution in [3.05, 3.63) is 23.8 Å². The first-order valence-corrected chi connectivity index (χ1v) is 11.9. The van der Waals surface area contributed by atoms with E-state index in [4.69, 9.17) is 9.47 Å². The normalized spacial score (nSPS) is 23.4. The SMILES string of the molecule is CC(C)(C)OC(=O)N1CCC(Oc2ccc3c(c2)CCC(C2CCCC2)CN3)CC1. The molecule has 2 aliphatic heterocycles. The van der Waals surface area contributed by atoms with Crippen LogP contribution in [0.15, 0.2) is 18.2 Å². The molecule has 1 saturated carbocycles. The van der Waals surface area contributed by atoms with Crippen molar-refractivity contribution in [1.29, 1.82) is 0 Å². The third-order valence-corrected chi connectivity index (χ3v) is 6.88. The fourth-order valence-corrected chi connectivity index (χ4v) is 5.21. The van der Waals surface area contributed by atoms with E-state index in [1.54, 1.807) is 4.90 Å². The first-order valence-electron chi connectivity index (χ1n) is 11.9. The molecule has 166 valence electrons. The lowest BCUT2D eigenvalue weighted by Crippen LogP contribution is -2.44. The van der Waals surface area contributed by atoms with E-state index in [2.05, 4.69) is 23.5 Å². The molecule has 5 heteroatoms. The van der Waals surface area contributed by atoms with E-state index in [1.165, 1.54) is 43.4 Å². The highest BCUT2D eigenvalue weighted by molar-refractivity contribution is 5.68. The highest BCUT2D eigenvalue weighted by Gasteiger charge is 2.29. The summed E-state index contributed by atoms with van der Waals surface area (Å²) in [4.78, 5) is 14.1. The van der Waals surface area contributed by atoms with Gasteiger partial charge in [0.2, 0.25) is 0 Å². The molecule has 0 radical (unpaired) electrons. The molecule has 2 fully saturated rings. The Morgan fingerprint density at radius 2 is 1.77 bits per heavy atom. The van der Waals surface area contributed by atoms with E-state index >= 15 is 0 Å². The summed E-state index contributed by atoms with van der Waals surface area (Å²) in [5, 5.41) is 3.71. The van der Waals surface area contributed by atoms with Gasteiger partial charge in [-0.1, -0.05) is 25.7 Å². The Hall–Kier alpha value is -1.91. The van der Waals surface area contributed by atoms with Crippen LogP contribution < -0.4 is 10.1 Å². The first kappa shape index (κ1) is 21.3. The number of piperidine rings is 1. The van der Waals surface area contributed by atoms with E-state index in [9.17, 15) is 4.79 Å². The molecular formula is C25H38N2O3. The number of amides is 1. The Bertz CT molecular complexity index is 728. The van der Waals surface area contributed by atoms with Crippen LogP contribution in [0.1, 0.15) is 71.3 Å². The van der Waals surface area contributed by atoms with E-state index in [0.29, 0.717) is 13.1 Å². The number of ether oxygens (including phenoxy) is 2. The van der Waals surface area contributed by atoms with E-state index in [0.717, 1.165) is 43.4 Å². The third-order valence-electron chi connectivity index (χ3n) is 6.88. The number of carbonyl (C=O) groups excluding carboxylic acids is 1. The molecule has 0 spiro atoms. The zero-order chi connectivity index (χ0) is 21.1. The molecule has 1 atom stereocenters. The van der Waals surface area contributed by atoms with Crippen LogP contribution in [-0.4, -0.2) is 42.3 Å². The third kappa shape index (κ3) is 5.41. The van der Waals surface area contributed by atoms with Gasteiger partial charge in [-0.2, -0.15) is 0 Å². The van der Waals surface area contributed by atoms with Gasteiger partial charge in [0, 0.05) is 38.2 Å². The number of hydrogen-bond donors (Lipinski definition) is 1. The standard InChI is InChI=1S/C25H38N2O3/c1-25(2,3)30-24(28)27-14-12-21(13-15-27)29-22-10-11-23-19(16-22)8-9-20(17-26-23)18-6-4-5-7-18/h10-11,16,18,20-21,26H,4-9,12-15,17H2,1-3H3. The van der Waals surface area contributed by atoms with Crippen molar-refractivity contribution in [2.75, 3.05) is 25.0 Å². The van der Waals surface area contributed by atoms with Gasteiger partial charge in [0.05, 0.1) is 0 Å². The van der Waals surface area contributed by atoms with Gasteiger partial charge in [-0.3, -0.25) is 0 Å². The second kappa shape index (κ2) is 9.07. The van der Waals surface area contributed by atoms with Crippen LogP contribution in [0.25, 0.3) is 0 Å². The highest BCUT2D eigenvalue weighted by Crippen LogP contribution is 2.37. The van der Waals surface area contributed by atoms with Crippen molar-refractivity contribution in [3.63, 3.8) is 0 Å². The maximum atomic E-state index is 12.2. The van der Waals surface area contributed by atoms with Crippen LogP contribution in [0.5, 0.6) is 5.75 Å². The van der Waals surface area contributed by atoms with Gasteiger partial charge in [-0.25, -0.2) is 4.79 Å². The Morgan fingerprint density at radius 1 is 1.03 bits per heavy atom. The molecular weight excluding hydrogens is 376 g/mol. The average molecular weight is 415 g/mol. The molecule has 0 aromatic heterocycles. The molecule has 4 rings (SSSR count). The number of fused-ring (bicyclic) bond motifs is 1. The summed E-state index contributed by atoms with van der Waals surface area (Å²) in [6.07, 6.45) is 9.72. The topological polar surface area (TPSA) is 50.8 Å². The van der Waals surface area contributed by atoms with Crippen LogP contribution in [-0.2, 0) is 11.2 Å². The zero-order valence-electron chi connectivity index (χ0n) is 18.9. The molecule has 1 saturated heterocycles. The average Bonchev–Trinajstić information content (AvgIpc) is 3.15.